The Labute approximate surface area is 229 Å². The van der Waals surface area contributed by atoms with Crippen molar-refractivity contribution >= 4 is 48.7 Å². The van der Waals surface area contributed by atoms with Gasteiger partial charge in [-0.05, 0) is 71.4 Å². The van der Waals surface area contributed by atoms with Crippen molar-refractivity contribution in [2.24, 2.45) is 5.92 Å². The van der Waals surface area contributed by atoms with Crippen LogP contribution in [0.25, 0.3) is 10.4 Å². The van der Waals surface area contributed by atoms with Crippen LogP contribution in [0.15, 0.2) is 60.0 Å². The zero-order valence-electron chi connectivity index (χ0n) is 22.4. The molecular formula is C29H35N3O4SSi. The molecule has 0 bridgehead atoms. The van der Waals surface area contributed by atoms with Gasteiger partial charge in [0.15, 0.2) is 0 Å². The standard InChI is InChI=1S/C29H35N3O4SSi/c1-20(2)19-36-29(35)31-24-12-11-23(26-6-5-15-37-26)18-25(24)30-27(33)21-7-9-22(10-8-21)28(34)32-13-16-38(3,4)17-14-32/h5-12,15,18,20H,13-14,16-17,19H2,1-4H3,(H,30,33)(H,31,35). The second-order valence-electron chi connectivity index (χ2n) is 10.8. The fourth-order valence-corrected chi connectivity index (χ4v) is 6.92. The number of carbonyl (C=O) groups excluding carboxylic acids is 3. The fraction of sp³-hybridized carbons (Fsp3) is 0.345. The number of nitrogens with zero attached hydrogens (tertiary/aromatic N) is 1. The Morgan fingerprint density at radius 1 is 0.947 bits per heavy atom. The van der Waals surface area contributed by atoms with Crippen LogP contribution in [0.3, 0.4) is 0 Å². The number of anilines is 2. The Morgan fingerprint density at radius 3 is 2.26 bits per heavy atom. The molecule has 7 nitrogen and oxygen atoms in total. The van der Waals surface area contributed by atoms with E-state index >= 15 is 0 Å². The smallest absolute Gasteiger partial charge is 0.411 e. The van der Waals surface area contributed by atoms with Gasteiger partial charge in [0.05, 0.1) is 26.1 Å². The lowest BCUT2D eigenvalue weighted by Crippen LogP contribution is -2.45. The van der Waals surface area contributed by atoms with Gasteiger partial charge >= 0.3 is 6.09 Å². The topological polar surface area (TPSA) is 87.7 Å². The van der Waals surface area contributed by atoms with E-state index < -0.39 is 14.2 Å². The van der Waals surface area contributed by atoms with Crippen molar-refractivity contribution in [3.05, 3.63) is 71.1 Å². The third-order valence-electron chi connectivity index (χ3n) is 6.66. The summed E-state index contributed by atoms with van der Waals surface area (Å²) in [6.45, 7) is 10.6. The molecule has 2 aromatic carbocycles. The maximum Gasteiger partial charge on any atom is 0.411 e. The van der Waals surface area contributed by atoms with Gasteiger partial charge in [0.25, 0.3) is 11.8 Å². The van der Waals surface area contributed by atoms with Crippen LogP contribution in [0.2, 0.25) is 25.2 Å². The summed E-state index contributed by atoms with van der Waals surface area (Å²) >= 11 is 1.59. The predicted molar refractivity (Wildman–Crippen MR) is 157 cm³/mol. The van der Waals surface area contributed by atoms with Crippen LogP contribution < -0.4 is 10.6 Å². The number of carbonyl (C=O) groups is 3. The van der Waals surface area contributed by atoms with Crippen molar-refractivity contribution in [2.45, 2.75) is 39.0 Å². The summed E-state index contributed by atoms with van der Waals surface area (Å²) in [5.74, 6) is -0.118. The zero-order chi connectivity index (χ0) is 27.3. The first-order valence-corrected chi connectivity index (χ1v) is 17.2. The summed E-state index contributed by atoms with van der Waals surface area (Å²) < 4.78 is 5.26. The molecule has 1 aromatic heterocycles. The monoisotopic (exact) mass is 549 g/mol. The Bertz CT molecular complexity index is 1280. The number of amides is 3. The number of hydrogen-bond donors (Lipinski definition) is 2. The lowest BCUT2D eigenvalue weighted by molar-refractivity contribution is 0.0764. The van der Waals surface area contributed by atoms with Crippen molar-refractivity contribution < 1.29 is 19.1 Å². The van der Waals surface area contributed by atoms with E-state index in [1.165, 1.54) is 0 Å². The molecule has 1 aliphatic rings. The van der Waals surface area contributed by atoms with Crippen molar-refractivity contribution in [1.82, 2.24) is 4.90 Å². The van der Waals surface area contributed by atoms with Gasteiger partial charge in [-0.3, -0.25) is 14.9 Å². The van der Waals surface area contributed by atoms with Crippen molar-refractivity contribution in [2.75, 3.05) is 30.3 Å². The summed E-state index contributed by atoms with van der Waals surface area (Å²) in [6.07, 6.45) is -0.579. The van der Waals surface area contributed by atoms with E-state index in [1.807, 2.05) is 48.4 Å². The molecule has 4 rings (SSSR count). The fourth-order valence-electron chi connectivity index (χ4n) is 4.20. The summed E-state index contributed by atoms with van der Waals surface area (Å²) in [4.78, 5) is 41.4. The molecule has 0 spiro atoms. The minimum Gasteiger partial charge on any atom is -0.449 e. The SMILES string of the molecule is CC(C)COC(=O)Nc1ccc(-c2cccs2)cc1NC(=O)c1ccc(C(=O)N2CC[Si](C)(C)CC2)cc1. The molecule has 0 unspecified atom stereocenters. The normalized spacial score (nSPS) is 14.7. The molecule has 2 heterocycles. The maximum absolute atomic E-state index is 13.2. The average molecular weight is 550 g/mol. The molecule has 3 aromatic rings. The lowest BCUT2D eigenvalue weighted by atomic mass is 10.1. The number of benzene rings is 2. The molecule has 0 saturated carbocycles. The van der Waals surface area contributed by atoms with Gasteiger partial charge in [-0.1, -0.05) is 39.1 Å². The summed E-state index contributed by atoms with van der Waals surface area (Å²) in [5, 5.41) is 7.65. The average Bonchev–Trinajstić information content (AvgIpc) is 3.43. The molecule has 1 fully saturated rings. The van der Waals surface area contributed by atoms with E-state index in [1.54, 1.807) is 41.7 Å². The Balaban J connectivity index is 1.49. The second-order valence-corrected chi connectivity index (χ2v) is 17.1. The minimum atomic E-state index is -1.17. The molecule has 0 aliphatic carbocycles. The van der Waals surface area contributed by atoms with Crippen molar-refractivity contribution in [3.63, 3.8) is 0 Å². The molecule has 3 amide bonds. The van der Waals surface area contributed by atoms with Crippen LogP contribution in [0.4, 0.5) is 16.2 Å². The number of hydrogen-bond acceptors (Lipinski definition) is 5. The van der Waals surface area contributed by atoms with E-state index in [9.17, 15) is 14.4 Å². The molecule has 1 saturated heterocycles. The molecule has 0 atom stereocenters. The Kier molecular flexibility index (Phi) is 8.68. The van der Waals surface area contributed by atoms with Gasteiger partial charge in [-0.25, -0.2) is 4.79 Å². The molecule has 0 radical (unpaired) electrons. The van der Waals surface area contributed by atoms with E-state index in [4.69, 9.17) is 4.74 Å². The number of thiophene rings is 1. The largest absolute Gasteiger partial charge is 0.449 e. The van der Waals surface area contributed by atoms with Gasteiger partial charge in [-0.15, -0.1) is 11.3 Å². The minimum absolute atomic E-state index is 0.0107. The highest BCUT2D eigenvalue weighted by Crippen LogP contribution is 2.32. The van der Waals surface area contributed by atoms with Gasteiger partial charge < -0.3 is 15.0 Å². The van der Waals surface area contributed by atoms with Crippen LogP contribution in [-0.4, -0.2) is 50.6 Å². The van der Waals surface area contributed by atoms with Crippen LogP contribution in [0.5, 0.6) is 0 Å². The summed E-state index contributed by atoms with van der Waals surface area (Å²) in [6, 6.07) is 18.4. The van der Waals surface area contributed by atoms with Crippen LogP contribution in [0, 0.1) is 5.92 Å². The van der Waals surface area contributed by atoms with Crippen LogP contribution >= 0.6 is 11.3 Å². The van der Waals surface area contributed by atoms with Gasteiger partial charge in [0.2, 0.25) is 0 Å². The van der Waals surface area contributed by atoms with Crippen molar-refractivity contribution in [3.8, 4) is 10.4 Å². The third-order valence-corrected chi connectivity index (χ3v) is 10.7. The first-order valence-electron chi connectivity index (χ1n) is 12.9. The molecule has 9 heteroatoms. The summed E-state index contributed by atoms with van der Waals surface area (Å²) in [7, 11) is -1.17. The highest BCUT2D eigenvalue weighted by Gasteiger charge is 2.29. The molecule has 38 heavy (non-hydrogen) atoms. The van der Waals surface area contributed by atoms with Gasteiger partial charge in [0.1, 0.15) is 0 Å². The van der Waals surface area contributed by atoms with E-state index in [2.05, 4.69) is 23.7 Å². The first-order chi connectivity index (χ1) is 18.1. The van der Waals surface area contributed by atoms with Crippen molar-refractivity contribution in [1.29, 1.82) is 0 Å². The number of rotatable bonds is 7. The van der Waals surface area contributed by atoms with E-state index in [0.29, 0.717) is 29.1 Å². The third kappa shape index (κ3) is 7.11. The molecule has 1 aliphatic heterocycles. The highest BCUT2D eigenvalue weighted by atomic mass is 32.1. The molecule has 2 N–H and O–H groups in total. The molecule has 200 valence electrons. The Hall–Kier alpha value is -3.43. The first kappa shape index (κ1) is 27.6. The van der Waals surface area contributed by atoms with E-state index in [-0.39, 0.29) is 17.7 Å². The quantitative estimate of drug-likeness (QED) is 0.310. The number of nitrogens with one attached hydrogen (secondary N) is 2. The summed E-state index contributed by atoms with van der Waals surface area (Å²) in [5.41, 5.74) is 2.82. The Morgan fingerprint density at radius 2 is 1.63 bits per heavy atom. The van der Waals surface area contributed by atoms with Gasteiger partial charge in [0, 0.05) is 29.1 Å². The number of ether oxygens (including phenoxy) is 1. The lowest BCUT2D eigenvalue weighted by Gasteiger charge is -2.35. The van der Waals surface area contributed by atoms with Crippen LogP contribution in [0.1, 0.15) is 34.6 Å². The van der Waals surface area contributed by atoms with Crippen LogP contribution in [-0.2, 0) is 4.74 Å². The van der Waals surface area contributed by atoms with Gasteiger partial charge in [-0.2, -0.15) is 0 Å². The second kappa shape index (κ2) is 12.0. The van der Waals surface area contributed by atoms with E-state index in [0.717, 1.165) is 35.6 Å². The molecular weight excluding hydrogens is 514 g/mol. The highest BCUT2D eigenvalue weighted by molar-refractivity contribution is 7.13. The predicted octanol–water partition coefficient (Wildman–Crippen LogP) is 7.04. The zero-order valence-corrected chi connectivity index (χ0v) is 24.2. The maximum atomic E-state index is 13.2.